The predicted molar refractivity (Wildman–Crippen MR) is 103 cm³/mol. The lowest BCUT2D eigenvalue weighted by molar-refractivity contribution is -0.115. The minimum Gasteiger partial charge on any atom is -0.387 e. The Morgan fingerprint density at radius 2 is 1.92 bits per heavy atom. The van der Waals surface area contributed by atoms with Gasteiger partial charge in [0.2, 0.25) is 0 Å². The van der Waals surface area contributed by atoms with Crippen molar-refractivity contribution < 1.29 is 9.63 Å². The Morgan fingerprint density at radius 1 is 1.23 bits per heavy atom. The number of piperazine rings is 1. The van der Waals surface area contributed by atoms with Gasteiger partial charge in [0, 0.05) is 45.2 Å². The lowest BCUT2D eigenvalue weighted by Crippen LogP contribution is -2.54. The molecular formula is C20H30N4O2. The van der Waals surface area contributed by atoms with Crippen LogP contribution in [-0.2, 0) is 9.63 Å². The first kappa shape index (κ1) is 18.9. The van der Waals surface area contributed by atoms with Gasteiger partial charge in [0.15, 0.2) is 6.10 Å². The fourth-order valence-corrected chi connectivity index (χ4v) is 3.60. The maximum atomic E-state index is 12.5. The van der Waals surface area contributed by atoms with Gasteiger partial charge in [0.05, 0.1) is 0 Å². The highest BCUT2D eigenvalue weighted by atomic mass is 16.6. The Morgan fingerprint density at radius 3 is 2.58 bits per heavy atom. The highest BCUT2D eigenvalue weighted by Gasteiger charge is 2.29. The number of hydrogen-bond acceptors (Lipinski definition) is 5. The van der Waals surface area contributed by atoms with Crippen LogP contribution in [0.2, 0.25) is 0 Å². The molecule has 2 aliphatic heterocycles. The van der Waals surface area contributed by atoms with Gasteiger partial charge in [0.1, 0.15) is 5.71 Å². The first-order chi connectivity index (χ1) is 12.5. The number of amides is 1. The molecule has 1 fully saturated rings. The minimum absolute atomic E-state index is 0.108. The number of oxime groups is 1. The van der Waals surface area contributed by atoms with Gasteiger partial charge in [-0.3, -0.25) is 9.69 Å². The van der Waals surface area contributed by atoms with Gasteiger partial charge in [-0.2, -0.15) is 0 Å². The monoisotopic (exact) mass is 358 g/mol. The summed E-state index contributed by atoms with van der Waals surface area (Å²) < 4.78 is 0. The molecule has 2 atom stereocenters. The average Bonchev–Trinajstić information content (AvgIpc) is 3.14. The molecule has 6 heteroatoms. The van der Waals surface area contributed by atoms with E-state index in [1.807, 2.05) is 30.3 Å². The smallest absolute Gasteiger partial charge is 0.269 e. The van der Waals surface area contributed by atoms with Crippen LogP contribution in [0.3, 0.4) is 0 Å². The zero-order valence-corrected chi connectivity index (χ0v) is 16.0. The molecule has 0 radical (unpaired) electrons. The fraction of sp³-hybridized carbons (Fsp3) is 0.600. The van der Waals surface area contributed by atoms with E-state index < -0.39 is 0 Å². The number of benzene rings is 1. The van der Waals surface area contributed by atoms with Crippen molar-refractivity contribution in [2.75, 3.05) is 39.8 Å². The zero-order valence-electron chi connectivity index (χ0n) is 16.0. The fourth-order valence-electron chi connectivity index (χ4n) is 3.60. The molecule has 2 unspecified atom stereocenters. The maximum Gasteiger partial charge on any atom is 0.269 e. The predicted octanol–water partition coefficient (Wildman–Crippen LogP) is 1.89. The summed E-state index contributed by atoms with van der Waals surface area (Å²) in [7, 11) is 2.16. The Balaban J connectivity index is 1.51. The SMILES string of the molecule is CC(C)C(CNC(=O)C1=NOC(c2ccccc2)C1)N1CCN(C)CC1. The number of rotatable bonds is 6. The first-order valence-corrected chi connectivity index (χ1v) is 9.53. The van der Waals surface area contributed by atoms with Crippen LogP contribution in [0.5, 0.6) is 0 Å². The van der Waals surface area contributed by atoms with Crippen LogP contribution in [0.15, 0.2) is 35.5 Å². The van der Waals surface area contributed by atoms with Gasteiger partial charge in [0.25, 0.3) is 5.91 Å². The molecule has 0 aliphatic carbocycles. The molecule has 1 N–H and O–H groups in total. The summed E-state index contributed by atoms with van der Waals surface area (Å²) >= 11 is 0. The lowest BCUT2D eigenvalue weighted by Gasteiger charge is -2.39. The molecule has 1 saturated heterocycles. The Bertz CT molecular complexity index is 624. The summed E-state index contributed by atoms with van der Waals surface area (Å²) in [6.07, 6.45) is 0.368. The molecule has 3 rings (SSSR count). The van der Waals surface area contributed by atoms with Crippen molar-refractivity contribution in [3.05, 3.63) is 35.9 Å². The number of likely N-dealkylation sites (N-methyl/N-ethyl adjacent to an activating group) is 1. The third kappa shape index (κ3) is 4.62. The Kier molecular flexibility index (Phi) is 6.27. The van der Waals surface area contributed by atoms with Gasteiger partial charge >= 0.3 is 0 Å². The van der Waals surface area contributed by atoms with E-state index in [1.165, 1.54) is 0 Å². The molecule has 0 spiro atoms. The number of nitrogens with one attached hydrogen (secondary N) is 1. The van der Waals surface area contributed by atoms with Crippen LogP contribution in [-0.4, -0.2) is 67.2 Å². The molecule has 0 aromatic heterocycles. The summed E-state index contributed by atoms with van der Waals surface area (Å²) in [5.74, 6) is 0.376. The summed E-state index contributed by atoms with van der Waals surface area (Å²) in [6, 6.07) is 10.3. The zero-order chi connectivity index (χ0) is 18.5. The third-order valence-corrected chi connectivity index (χ3v) is 5.35. The first-order valence-electron chi connectivity index (χ1n) is 9.53. The second-order valence-electron chi connectivity index (χ2n) is 7.61. The van der Waals surface area contributed by atoms with E-state index in [9.17, 15) is 4.79 Å². The van der Waals surface area contributed by atoms with E-state index in [2.05, 4.69) is 41.2 Å². The number of nitrogens with zero attached hydrogens (tertiary/aromatic N) is 3. The Labute approximate surface area is 156 Å². The quantitative estimate of drug-likeness (QED) is 0.844. The van der Waals surface area contributed by atoms with E-state index in [4.69, 9.17) is 4.84 Å². The van der Waals surface area contributed by atoms with Crippen molar-refractivity contribution in [2.24, 2.45) is 11.1 Å². The second-order valence-corrected chi connectivity index (χ2v) is 7.61. The second kappa shape index (κ2) is 8.64. The number of carbonyl (C=O) groups excluding carboxylic acids is 1. The van der Waals surface area contributed by atoms with Gasteiger partial charge < -0.3 is 15.1 Å². The van der Waals surface area contributed by atoms with Crippen LogP contribution in [0.25, 0.3) is 0 Å². The van der Waals surface area contributed by atoms with Crippen molar-refractivity contribution in [1.29, 1.82) is 0 Å². The summed E-state index contributed by atoms with van der Waals surface area (Å²) in [4.78, 5) is 22.8. The molecule has 6 nitrogen and oxygen atoms in total. The van der Waals surface area contributed by atoms with E-state index in [1.54, 1.807) is 0 Å². The van der Waals surface area contributed by atoms with E-state index in [0.717, 1.165) is 31.7 Å². The molecule has 2 heterocycles. The van der Waals surface area contributed by atoms with Crippen LogP contribution in [0.4, 0.5) is 0 Å². The molecule has 142 valence electrons. The van der Waals surface area contributed by atoms with Gasteiger partial charge in [-0.15, -0.1) is 0 Å². The van der Waals surface area contributed by atoms with Crippen LogP contribution in [0, 0.1) is 5.92 Å². The molecule has 1 amide bonds. The highest BCUT2D eigenvalue weighted by Crippen LogP contribution is 2.26. The van der Waals surface area contributed by atoms with Gasteiger partial charge in [-0.25, -0.2) is 0 Å². The van der Waals surface area contributed by atoms with Crippen molar-refractivity contribution in [3.63, 3.8) is 0 Å². The van der Waals surface area contributed by atoms with Crippen LogP contribution < -0.4 is 5.32 Å². The molecule has 1 aromatic rings. The largest absolute Gasteiger partial charge is 0.387 e. The lowest BCUT2D eigenvalue weighted by atomic mass is 10.0. The molecule has 0 bridgehead atoms. The number of carbonyl (C=O) groups is 1. The van der Waals surface area contributed by atoms with Gasteiger partial charge in [-0.1, -0.05) is 49.3 Å². The van der Waals surface area contributed by atoms with E-state index in [0.29, 0.717) is 30.6 Å². The minimum atomic E-state index is -0.157. The maximum absolute atomic E-state index is 12.5. The number of hydrogen-bond donors (Lipinski definition) is 1. The standard InChI is InChI=1S/C20H30N4O2/c1-15(2)18(24-11-9-23(3)10-12-24)14-21-20(25)17-13-19(26-22-17)16-7-5-4-6-8-16/h4-8,15,18-19H,9-14H2,1-3H3,(H,21,25). The average molecular weight is 358 g/mol. The van der Waals surface area contributed by atoms with E-state index in [-0.39, 0.29) is 12.0 Å². The highest BCUT2D eigenvalue weighted by molar-refractivity contribution is 6.39. The topological polar surface area (TPSA) is 57.2 Å². The van der Waals surface area contributed by atoms with Crippen LogP contribution >= 0.6 is 0 Å². The molecular weight excluding hydrogens is 328 g/mol. The summed E-state index contributed by atoms with van der Waals surface area (Å²) in [5, 5.41) is 7.10. The molecule has 2 aliphatic rings. The van der Waals surface area contributed by atoms with Crippen molar-refractivity contribution in [2.45, 2.75) is 32.4 Å². The summed E-state index contributed by atoms with van der Waals surface area (Å²) in [5.41, 5.74) is 1.54. The third-order valence-electron chi connectivity index (χ3n) is 5.35. The van der Waals surface area contributed by atoms with E-state index >= 15 is 0 Å². The van der Waals surface area contributed by atoms with Gasteiger partial charge in [-0.05, 0) is 18.5 Å². The molecule has 1 aromatic carbocycles. The Hall–Kier alpha value is -1.92. The van der Waals surface area contributed by atoms with Crippen molar-refractivity contribution >= 4 is 11.6 Å². The van der Waals surface area contributed by atoms with Crippen molar-refractivity contribution in [3.8, 4) is 0 Å². The van der Waals surface area contributed by atoms with Crippen LogP contribution in [0.1, 0.15) is 31.9 Å². The normalized spacial score (nSPS) is 22.8. The summed E-state index contributed by atoms with van der Waals surface area (Å²) in [6.45, 7) is 9.35. The molecule has 0 saturated carbocycles. The van der Waals surface area contributed by atoms with Crippen molar-refractivity contribution in [1.82, 2.24) is 15.1 Å². The molecule has 26 heavy (non-hydrogen) atoms.